The minimum Gasteiger partial charge on any atom is -0.494 e. The van der Waals surface area contributed by atoms with Gasteiger partial charge in [0.2, 0.25) is 0 Å². The van der Waals surface area contributed by atoms with Gasteiger partial charge in [-0.25, -0.2) is 9.97 Å². The van der Waals surface area contributed by atoms with E-state index in [1.54, 1.807) is 24.3 Å². The molecule has 0 N–H and O–H groups in total. The molecule has 0 radical (unpaired) electrons. The number of fused-ring (bicyclic) bond motifs is 1. The summed E-state index contributed by atoms with van der Waals surface area (Å²) in [6.07, 6.45) is -0.717. The van der Waals surface area contributed by atoms with E-state index in [0.29, 0.717) is 23.5 Å². The molecule has 292 valence electrons. The number of ether oxygens (including phenoxy) is 3. The van der Waals surface area contributed by atoms with Crippen molar-refractivity contribution in [3.05, 3.63) is 54.9 Å². The van der Waals surface area contributed by atoms with Gasteiger partial charge in [0.15, 0.2) is 17.3 Å². The number of rotatable bonds is 16. The van der Waals surface area contributed by atoms with Crippen LogP contribution in [0.1, 0.15) is 44.9 Å². The lowest BCUT2D eigenvalue weighted by Gasteiger charge is -2.41. The van der Waals surface area contributed by atoms with Gasteiger partial charge >= 0.3 is 48.0 Å². The Morgan fingerprint density at radius 3 is 1.68 bits per heavy atom. The number of hydrogen-bond donors (Lipinski definition) is 0. The van der Waals surface area contributed by atoms with Crippen LogP contribution in [-0.2, 0) is 0 Å². The zero-order valence-electron chi connectivity index (χ0n) is 26.8. The second-order valence-corrected chi connectivity index (χ2v) is 12.5. The lowest BCUT2D eigenvalue weighted by molar-refractivity contribution is -0.457. The number of aromatic nitrogens is 2. The molecule has 1 saturated carbocycles. The maximum atomic E-state index is 14.7. The Balaban J connectivity index is 1.23. The Kier molecular flexibility index (Phi) is 10.5. The van der Waals surface area contributed by atoms with Gasteiger partial charge < -0.3 is 14.2 Å². The minimum atomic E-state index is -8.42. The van der Waals surface area contributed by atoms with Gasteiger partial charge in [-0.3, -0.25) is 0 Å². The highest BCUT2D eigenvalue weighted by Gasteiger charge is 2.94. The van der Waals surface area contributed by atoms with Crippen molar-refractivity contribution in [2.75, 3.05) is 6.61 Å². The van der Waals surface area contributed by atoms with Gasteiger partial charge in [0.25, 0.3) is 0 Å². The first-order valence-corrected chi connectivity index (χ1v) is 15.8. The molecule has 5 rings (SSSR count). The van der Waals surface area contributed by atoms with Crippen molar-refractivity contribution in [2.24, 2.45) is 5.92 Å². The normalized spacial score (nSPS) is 17.3. The first-order valence-electron chi connectivity index (χ1n) is 15.8. The van der Waals surface area contributed by atoms with Crippen LogP contribution in [0.3, 0.4) is 0 Å². The topological polar surface area (TPSA) is 53.5 Å². The molecule has 0 spiro atoms. The number of benzene rings is 2. The molecule has 0 bridgehead atoms. The summed E-state index contributed by atoms with van der Waals surface area (Å²) >= 11 is 0. The molecule has 0 saturated heterocycles. The van der Waals surface area contributed by atoms with E-state index >= 15 is 0 Å². The van der Waals surface area contributed by atoms with Gasteiger partial charge in [-0.05, 0) is 48.2 Å². The lowest BCUT2D eigenvalue weighted by atomic mass is 9.91. The van der Waals surface area contributed by atoms with E-state index in [0.717, 1.165) is 43.4 Å². The molecule has 0 amide bonds. The Morgan fingerprint density at radius 1 is 0.566 bits per heavy atom. The molecule has 1 atom stereocenters. The fourth-order valence-electron chi connectivity index (χ4n) is 5.22. The van der Waals surface area contributed by atoms with Gasteiger partial charge in [0.05, 0.1) is 6.61 Å². The fraction of sp³-hybridized carbons (Fsp3) is 0.515. The highest BCUT2D eigenvalue weighted by atomic mass is 19.4. The average molecular weight is 785 g/mol. The zero-order chi connectivity index (χ0) is 39.3. The average Bonchev–Trinajstić information content (AvgIpc) is 3.82. The standard InChI is InChI=1S/C33H27F15N2O3/c34-27(35,28(36,37)29(38,39)30(40,41)31(42,43)32(44,45)33(46,47)48)26-52-23-13-10-20(15-24(23)53-26)25-49-16-21(17-50-25)19-8-11-22(12-9-19)51-14-4-2-1-3-5-18-6-7-18/h8-13,15-18,26H,1-7,14H2. The largest absolute Gasteiger partial charge is 0.494 e. The second kappa shape index (κ2) is 13.9. The van der Waals surface area contributed by atoms with E-state index in [9.17, 15) is 65.9 Å². The van der Waals surface area contributed by atoms with Crippen LogP contribution in [0.4, 0.5) is 65.9 Å². The number of halogens is 15. The van der Waals surface area contributed by atoms with E-state index in [1.165, 1.54) is 38.1 Å². The summed E-state index contributed by atoms with van der Waals surface area (Å²) in [6, 6.07) is 9.45. The number of alkyl halides is 15. The maximum Gasteiger partial charge on any atom is 0.460 e. The molecule has 3 aromatic rings. The molecule has 20 heteroatoms. The third-order valence-corrected chi connectivity index (χ3v) is 8.63. The molecule has 1 aromatic heterocycles. The van der Waals surface area contributed by atoms with Gasteiger partial charge in [-0.2, -0.15) is 65.9 Å². The first-order chi connectivity index (χ1) is 24.5. The van der Waals surface area contributed by atoms with Crippen LogP contribution in [0.15, 0.2) is 54.9 Å². The van der Waals surface area contributed by atoms with Crippen LogP contribution < -0.4 is 14.2 Å². The highest BCUT2D eigenvalue weighted by molar-refractivity contribution is 5.66. The molecule has 1 fully saturated rings. The summed E-state index contributed by atoms with van der Waals surface area (Å²) in [7, 11) is 0. The van der Waals surface area contributed by atoms with Crippen LogP contribution in [0.2, 0.25) is 0 Å². The summed E-state index contributed by atoms with van der Waals surface area (Å²) in [5.41, 5.74) is 1.06. The van der Waals surface area contributed by atoms with Crippen LogP contribution >= 0.6 is 0 Å². The Labute approximate surface area is 290 Å². The van der Waals surface area contributed by atoms with E-state index in [-0.39, 0.29) is 11.4 Å². The second-order valence-electron chi connectivity index (χ2n) is 12.5. The smallest absolute Gasteiger partial charge is 0.460 e. The molecule has 2 aliphatic rings. The lowest BCUT2D eigenvalue weighted by Crippen LogP contribution is -2.74. The highest BCUT2D eigenvalue weighted by Crippen LogP contribution is 2.63. The van der Waals surface area contributed by atoms with Gasteiger partial charge in [0, 0.05) is 23.5 Å². The third kappa shape index (κ3) is 7.25. The summed E-state index contributed by atoms with van der Waals surface area (Å²) in [6.45, 7) is 0.547. The molecular formula is C33H27F15N2O3. The molecule has 1 unspecified atom stereocenters. The first kappa shape index (κ1) is 40.1. The van der Waals surface area contributed by atoms with Crippen molar-refractivity contribution >= 4 is 0 Å². The van der Waals surface area contributed by atoms with Crippen LogP contribution in [0.5, 0.6) is 17.2 Å². The number of hydrogen-bond acceptors (Lipinski definition) is 5. The van der Waals surface area contributed by atoms with Crippen molar-refractivity contribution in [1.29, 1.82) is 0 Å². The van der Waals surface area contributed by atoms with Crippen molar-refractivity contribution in [1.82, 2.24) is 9.97 Å². The minimum absolute atomic E-state index is 0.0863. The van der Waals surface area contributed by atoms with Crippen LogP contribution in [0, 0.1) is 5.92 Å². The maximum absolute atomic E-state index is 14.7. The summed E-state index contributed by atoms with van der Waals surface area (Å²) in [4.78, 5) is 8.20. The SMILES string of the molecule is FC(F)(F)C(F)(F)C(F)(F)C(F)(F)C(F)(F)C(F)(F)C(F)(F)C1Oc2ccc(-c3ncc(-c4ccc(OCCCCCCC5CC5)cc4)cn3)cc2O1. The van der Waals surface area contributed by atoms with Gasteiger partial charge in [-0.1, -0.05) is 50.7 Å². The van der Waals surface area contributed by atoms with Crippen LogP contribution in [-0.4, -0.2) is 64.6 Å². The number of nitrogens with zero attached hydrogens (tertiary/aromatic N) is 2. The monoisotopic (exact) mass is 784 g/mol. The van der Waals surface area contributed by atoms with Gasteiger partial charge in [0.1, 0.15) is 5.75 Å². The predicted octanol–water partition coefficient (Wildman–Crippen LogP) is 11.0. The molecule has 2 heterocycles. The fourth-order valence-corrected chi connectivity index (χ4v) is 5.22. The van der Waals surface area contributed by atoms with E-state index in [4.69, 9.17) is 4.74 Å². The van der Waals surface area contributed by atoms with Crippen molar-refractivity contribution in [3.8, 4) is 39.8 Å². The van der Waals surface area contributed by atoms with Crippen LogP contribution in [0.25, 0.3) is 22.5 Å². The Morgan fingerprint density at radius 2 is 1.09 bits per heavy atom. The predicted molar refractivity (Wildman–Crippen MR) is 155 cm³/mol. The zero-order valence-corrected chi connectivity index (χ0v) is 26.8. The number of unbranched alkanes of at least 4 members (excludes halogenated alkanes) is 3. The van der Waals surface area contributed by atoms with Crippen molar-refractivity contribution < 1.29 is 80.1 Å². The van der Waals surface area contributed by atoms with Crippen molar-refractivity contribution in [2.45, 2.75) is 92.9 Å². The summed E-state index contributed by atoms with van der Waals surface area (Å²) in [5.74, 6) is -48.1. The molecule has 1 aliphatic heterocycles. The van der Waals surface area contributed by atoms with Gasteiger partial charge in [-0.15, -0.1) is 0 Å². The third-order valence-electron chi connectivity index (χ3n) is 8.63. The Hall–Kier alpha value is -4.13. The van der Waals surface area contributed by atoms with E-state index < -0.39 is 59.5 Å². The molecule has 1 aliphatic carbocycles. The molecule has 53 heavy (non-hydrogen) atoms. The molecular weight excluding hydrogens is 757 g/mol. The molecule has 5 nitrogen and oxygen atoms in total. The van der Waals surface area contributed by atoms with Crippen molar-refractivity contribution in [3.63, 3.8) is 0 Å². The van der Waals surface area contributed by atoms with E-state index in [2.05, 4.69) is 19.4 Å². The Bertz CT molecular complexity index is 1730. The van der Waals surface area contributed by atoms with E-state index in [1.807, 2.05) is 0 Å². The molecule has 2 aromatic carbocycles. The summed E-state index contributed by atoms with van der Waals surface area (Å²) < 4.78 is 219. The summed E-state index contributed by atoms with van der Waals surface area (Å²) in [5, 5.41) is 0. The quantitative estimate of drug-likeness (QED) is 0.107.